The minimum atomic E-state index is -1.81. The van der Waals surface area contributed by atoms with Crippen molar-refractivity contribution in [2.75, 3.05) is 0 Å². The molecule has 308 valence electrons. The third-order valence-electron chi connectivity index (χ3n) is 13.0. The smallest absolute Gasteiger partial charge is 0.507 e. The second kappa shape index (κ2) is 14.1. The molecule has 0 fully saturated rings. The largest absolute Gasteiger partial charge is 2.00 e. The van der Waals surface area contributed by atoms with Crippen LogP contribution in [0.5, 0.6) is 0 Å². The predicted molar refractivity (Wildman–Crippen MR) is 246 cm³/mol. The molecule has 5 aromatic carbocycles. The van der Waals surface area contributed by atoms with Crippen molar-refractivity contribution in [2.45, 2.75) is 120 Å². The maximum absolute atomic E-state index is 9.84. The monoisotopic (exact) mass is 972 g/mol. The molecule has 0 unspecified atom stereocenters. The molecule has 0 bridgehead atoms. The summed E-state index contributed by atoms with van der Waals surface area (Å²) in [5, 5.41) is 2.24. The number of nitrogens with zero attached hydrogens (tertiary/aromatic N) is 3. The van der Waals surface area contributed by atoms with Gasteiger partial charge in [-0.15, -0.1) is 41.5 Å². The molecule has 7 aromatic rings. The summed E-state index contributed by atoms with van der Waals surface area (Å²) in [4.78, 5) is 10.3. The van der Waals surface area contributed by atoms with E-state index in [1.165, 1.54) is 27.8 Å². The molecule has 0 radical (unpaired) electrons. The molecule has 0 spiro atoms. The summed E-state index contributed by atoms with van der Waals surface area (Å²) in [6, 6.07) is 34.0. The van der Waals surface area contributed by atoms with Gasteiger partial charge in [0.25, 0.3) is 0 Å². The number of hydrogen-bond acceptors (Lipinski definition) is 3. The van der Waals surface area contributed by atoms with E-state index in [1.807, 2.05) is 19.2 Å². The molecule has 0 saturated carbocycles. The van der Waals surface area contributed by atoms with Crippen LogP contribution in [0.3, 0.4) is 0 Å². The summed E-state index contributed by atoms with van der Waals surface area (Å²) >= 11 is 0. The SMILES string of the molecule is [2H]C1([2H])c2cc(C)c(C)cc2[C@]2(C(C)(C)C)OC(c3[c-]c(-n4c5[c-]c(-c6cc(C(C)(C)C)ccn6)c(C)cc5c5cc(C)ccc54)cc(-c4c(C)cc(C)cc4C)c3)=N[C@]12C.[Pt+2]. The average molecular weight is 973 g/mol. The van der Waals surface area contributed by atoms with Crippen molar-refractivity contribution < 1.29 is 28.5 Å². The van der Waals surface area contributed by atoms with Gasteiger partial charge in [0.1, 0.15) is 5.90 Å². The fourth-order valence-electron chi connectivity index (χ4n) is 10.2. The molecule has 2 aromatic heterocycles. The Hall–Kier alpha value is -4.79. The first-order valence-corrected chi connectivity index (χ1v) is 21.0. The van der Waals surface area contributed by atoms with E-state index >= 15 is 0 Å². The first-order valence-electron chi connectivity index (χ1n) is 22.0. The predicted octanol–water partition coefficient (Wildman–Crippen LogP) is 13.6. The molecule has 2 aliphatic rings. The van der Waals surface area contributed by atoms with Crippen molar-refractivity contribution in [1.29, 1.82) is 0 Å². The molecular weight excluding hydrogens is 914 g/mol. The number of aliphatic imine (C=N–C) groups is 1. The van der Waals surface area contributed by atoms with Crippen molar-refractivity contribution >= 4 is 27.7 Å². The number of aromatic nitrogens is 2. The van der Waals surface area contributed by atoms with Gasteiger partial charge in [0.2, 0.25) is 0 Å². The van der Waals surface area contributed by atoms with E-state index in [9.17, 15) is 2.74 Å². The summed E-state index contributed by atoms with van der Waals surface area (Å²) in [7, 11) is 0. The molecule has 2 atom stereocenters. The van der Waals surface area contributed by atoms with Crippen LogP contribution in [0.15, 0.2) is 84.0 Å². The molecule has 0 N–H and O–H groups in total. The Bertz CT molecular complexity index is 3030. The summed E-state index contributed by atoms with van der Waals surface area (Å²) < 4.78 is 29.4. The van der Waals surface area contributed by atoms with Gasteiger partial charge in [-0.2, -0.15) is 0 Å². The molecule has 4 nitrogen and oxygen atoms in total. The van der Waals surface area contributed by atoms with Crippen molar-refractivity contribution in [1.82, 2.24) is 9.55 Å². The van der Waals surface area contributed by atoms with Crippen LogP contribution in [-0.4, -0.2) is 21.0 Å². The van der Waals surface area contributed by atoms with Crippen LogP contribution in [0.4, 0.5) is 0 Å². The molecule has 5 heteroatoms. The van der Waals surface area contributed by atoms with E-state index in [4.69, 9.17) is 14.7 Å². The number of aryl methyl sites for hydroxylation is 7. The second-order valence-corrected chi connectivity index (χ2v) is 19.7. The van der Waals surface area contributed by atoms with Crippen molar-refractivity contribution in [3.05, 3.63) is 152 Å². The maximum atomic E-state index is 9.84. The van der Waals surface area contributed by atoms with E-state index in [1.54, 1.807) is 0 Å². The first kappa shape index (κ1) is 39.4. The molecular formula is C55H57N3OPt. The Morgan fingerprint density at radius 1 is 0.733 bits per heavy atom. The Labute approximate surface area is 374 Å². The zero-order chi connectivity index (χ0) is 43.9. The Morgan fingerprint density at radius 3 is 2.12 bits per heavy atom. The molecule has 1 aliphatic carbocycles. The van der Waals surface area contributed by atoms with Gasteiger partial charge in [0.05, 0.1) is 5.54 Å². The number of benzene rings is 5. The Morgan fingerprint density at radius 2 is 1.43 bits per heavy atom. The van der Waals surface area contributed by atoms with Gasteiger partial charge in [-0.05, 0) is 127 Å². The molecule has 3 heterocycles. The zero-order valence-corrected chi connectivity index (χ0v) is 39.8. The number of ether oxygens (including phenoxy) is 1. The normalized spacial score (nSPS) is 20.0. The van der Waals surface area contributed by atoms with Crippen LogP contribution in [-0.2, 0) is 43.2 Å². The van der Waals surface area contributed by atoms with E-state index in [-0.39, 0.29) is 26.5 Å². The van der Waals surface area contributed by atoms with Gasteiger partial charge < -0.3 is 14.3 Å². The second-order valence-electron chi connectivity index (χ2n) is 19.7. The maximum Gasteiger partial charge on any atom is 2.00 e. The summed E-state index contributed by atoms with van der Waals surface area (Å²) in [6.45, 7) is 30.0. The molecule has 0 saturated heterocycles. The molecule has 0 amide bonds. The van der Waals surface area contributed by atoms with E-state index in [0.29, 0.717) is 17.0 Å². The number of fused-ring (bicyclic) bond motifs is 6. The number of pyridine rings is 1. The van der Waals surface area contributed by atoms with Gasteiger partial charge in [-0.3, -0.25) is 4.99 Å². The first-order chi connectivity index (χ1) is 28.5. The van der Waals surface area contributed by atoms with E-state index in [2.05, 4.69) is 173 Å². The van der Waals surface area contributed by atoms with Gasteiger partial charge in [0.15, 0.2) is 5.60 Å². The van der Waals surface area contributed by atoms with Crippen molar-refractivity contribution in [3.63, 3.8) is 0 Å². The zero-order valence-electron chi connectivity index (χ0n) is 39.6. The third-order valence-corrected chi connectivity index (χ3v) is 13.0. The fourth-order valence-corrected chi connectivity index (χ4v) is 10.2. The molecule has 1 aliphatic heterocycles. The standard InChI is InChI=1S/C55H57N3O.Pt/c1-31-15-16-48-44(21-31)45-23-35(5)43(47-28-41(17-18-56-47)52(8,9)10)29-49(45)58(48)42-26-38(50-36(6)19-32(2)20-37(50)7)25-39(27-42)51-57-54(14)30-40-22-33(3)34(4)24-46(40)55(54,59-51)53(11,12)13;/h15-26,28H,30H2,1-14H3;/q-2;+2/t54-,55-;/m1./s1/i30D2;. The minimum Gasteiger partial charge on any atom is -0.507 e. The minimum absolute atomic E-state index is 0. The Kier molecular flexibility index (Phi) is 9.27. The van der Waals surface area contributed by atoms with E-state index < -0.39 is 22.9 Å². The molecule has 60 heavy (non-hydrogen) atoms. The summed E-state index contributed by atoms with van der Waals surface area (Å²) in [5.41, 5.74) is 15.3. The van der Waals surface area contributed by atoms with Crippen LogP contribution in [0.1, 0.15) is 112 Å². The van der Waals surface area contributed by atoms with Gasteiger partial charge in [-0.1, -0.05) is 119 Å². The summed E-state index contributed by atoms with van der Waals surface area (Å²) in [6.07, 6.45) is 0.0978. The number of rotatable bonds is 4. The van der Waals surface area contributed by atoms with E-state index in [0.717, 1.165) is 72.1 Å². The summed E-state index contributed by atoms with van der Waals surface area (Å²) in [5.74, 6) is 0.399. The van der Waals surface area contributed by atoms with Crippen LogP contribution in [0.25, 0.3) is 49.9 Å². The van der Waals surface area contributed by atoms with Gasteiger partial charge in [0, 0.05) is 31.8 Å². The number of hydrogen-bond donors (Lipinski definition) is 0. The van der Waals surface area contributed by atoms with Crippen LogP contribution in [0.2, 0.25) is 0 Å². The fraction of sp³-hybridized carbons (Fsp3) is 0.345. The molecule has 9 rings (SSSR count). The quantitative estimate of drug-likeness (QED) is 0.165. The third kappa shape index (κ3) is 6.34. The van der Waals surface area contributed by atoms with Gasteiger partial charge >= 0.3 is 21.1 Å². The van der Waals surface area contributed by atoms with Crippen LogP contribution < -0.4 is 0 Å². The van der Waals surface area contributed by atoms with Crippen LogP contribution >= 0.6 is 0 Å². The average Bonchev–Trinajstić information content (AvgIpc) is 3.71. The van der Waals surface area contributed by atoms with Gasteiger partial charge in [-0.25, -0.2) is 0 Å². The topological polar surface area (TPSA) is 39.4 Å². The van der Waals surface area contributed by atoms with Crippen molar-refractivity contribution in [3.8, 4) is 28.1 Å². The van der Waals surface area contributed by atoms with Crippen LogP contribution in [0, 0.1) is 66.0 Å². The Balaban J connectivity index is 0.00000529. The van der Waals surface area contributed by atoms with Crippen molar-refractivity contribution in [2.24, 2.45) is 10.4 Å².